The summed E-state index contributed by atoms with van der Waals surface area (Å²) in [7, 11) is -3.92. The number of hydrogen-bond donors (Lipinski definition) is 2. The maximum absolute atomic E-state index is 13.7. The van der Waals surface area contributed by atoms with Crippen LogP contribution in [-0.4, -0.2) is 70.4 Å². The quantitative estimate of drug-likeness (QED) is 0.354. The Morgan fingerprint density at radius 2 is 1.95 bits per heavy atom. The molecular formula is C27H31N7O6S2. The zero-order valence-electron chi connectivity index (χ0n) is 23.1. The molecule has 5 rings (SSSR count). The van der Waals surface area contributed by atoms with Crippen molar-refractivity contribution >= 4 is 33.2 Å². The highest BCUT2D eigenvalue weighted by Gasteiger charge is 2.28. The van der Waals surface area contributed by atoms with E-state index in [4.69, 9.17) is 9.26 Å². The number of nitrogens with one attached hydrogen (secondary N) is 2. The molecule has 0 aliphatic carbocycles. The monoisotopic (exact) mass is 613 g/mol. The summed E-state index contributed by atoms with van der Waals surface area (Å²) in [5.41, 5.74) is 1.75. The lowest BCUT2D eigenvalue weighted by molar-refractivity contribution is -0.122. The number of benzene rings is 1. The molecule has 2 N–H and O–H groups in total. The molecule has 13 nitrogen and oxygen atoms in total. The average molecular weight is 614 g/mol. The number of nitrogens with zero attached hydrogens (tertiary/aromatic N) is 5. The molecule has 4 heterocycles. The molecule has 1 atom stereocenters. The number of fused-ring (bicyclic) bond motifs is 3. The predicted molar refractivity (Wildman–Crippen MR) is 153 cm³/mol. The van der Waals surface area contributed by atoms with Crippen LogP contribution >= 0.6 is 11.3 Å². The van der Waals surface area contributed by atoms with Crippen molar-refractivity contribution in [1.82, 2.24) is 35.1 Å². The Balaban J connectivity index is 1.36. The van der Waals surface area contributed by atoms with Gasteiger partial charge in [-0.2, -0.15) is 4.31 Å². The zero-order valence-corrected chi connectivity index (χ0v) is 24.8. The first kappa shape index (κ1) is 29.4. The van der Waals surface area contributed by atoms with Crippen LogP contribution in [0.4, 0.5) is 0 Å². The van der Waals surface area contributed by atoms with E-state index in [0.29, 0.717) is 53.6 Å². The number of hydrogen-bond acceptors (Lipinski definition) is 10. The summed E-state index contributed by atoms with van der Waals surface area (Å²) < 4.78 is 41.6. The van der Waals surface area contributed by atoms with Gasteiger partial charge in [0.15, 0.2) is 5.76 Å². The topological polar surface area (TPSA) is 162 Å². The van der Waals surface area contributed by atoms with Crippen LogP contribution in [0.1, 0.15) is 41.4 Å². The highest BCUT2D eigenvalue weighted by molar-refractivity contribution is 7.91. The number of ether oxygens (including phenoxy) is 1. The molecular weight excluding hydrogens is 582 g/mol. The van der Waals surface area contributed by atoms with E-state index < -0.39 is 22.0 Å². The van der Waals surface area contributed by atoms with E-state index in [1.54, 1.807) is 42.1 Å². The first-order valence-corrected chi connectivity index (χ1v) is 15.7. The van der Waals surface area contributed by atoms with E-state index >= 15 is 0 Å². The molecule has 4 aromatic rings. The van der Waals surface area contributed by atoms with Crippen LogP contribution in [0.25, 0.3) is 10.6 Å². The minimum absolute atomic E-state index is 0.00142. The third-order valence-corrected chi connectivity index (χ3v) is 9.99. The van der Waals surface area contributed by atoms with E-state index in [0.717, 1.165) is 16.9 Å². The van der Waals surface area contributed by atoms with Crippen LogP contribution in [-0.2, 0) is 27.9 Å². The van der Waals surface area contributed by atoms with Crippen molar-refractivity contribution < 1.29 is 27.3 Å². The summed E-state index contributed by atoms with van der Waals surface area (Å²) in [5.74, 6) is 0.0942. The highest BCUT2D eigenvalue weighted by Crippen LogP contribution is 2.32. The molecule has 0 saturated heterocycles. The Kier molecular flexibility index (Phi) is 8.99. The van der Waals surface area contributed by atoms with Crippen molar-refractivity contribution in [3.8, 4) is 16.4 Å². The Labute approximate surface area is 246 Å². The maximum atomic E-state index is 13.7. The highest BCUT2D eigenvalue weighted by atomic mass is 32.2. The minimum atomic E-state index is -3.92. The van der Waals surface area contributed by atoms with Crippen molar-refractivity contribution in [3.05, 3.63) is 65.6 Å². The fourth-order valence-corrected chi connectivity index (χ4v) is 7.22. The number of aromatic nitrogens is 4. The van der Waals surface area contributed by atoms with Gasteiger partial charge in [-0.3, -0.25) is 14.3 Å². The van der Waals surface area contributed by atoms with E-state index in [9.17, 15) is 18.0 Å². The van der Waals surface area contributed by atoms with Gasteiger partial charge in [0.05, 0.1) is 35.5 Å². The number of aryl methyl sites for hydroxylation is 2. The number of carbonyl (C=O) groups is 2. The Bertz CT molecular complexity index is 1650. The smallest absolute Gasteiger partial charge is 0.255 e. The number of carbonyl (C=O) groups excluding carboxylic acids is 2. The Morgan fingerprint density at radius 3 is 2.76 bits per heavy atom. The number of rotatable bonds is 3. The molecule has 1 aliphatic rings. The van der Waals surface area contributed by atoms with Crippen molar-refractivity contribution in [2.75, 3.05) is 19.7 Å². The third kappa shape index (κ3) is 6.86. The number of sulfonamides is 1. The lowest BCUT2D eigenvalue weighted by atomic mass is 10.1. The van der Waals surface area contributed by atoms with Gasteiger partial charge in [0.2, 0.25) is 5.91 Å². The summed E-state index contributed by atoms with van der Waals surface area (Å²) in [5, 5.41) is 17.5. The van der Waals surface area contributed by atoms with Crippen molar-refractivity contribution in [2.24, 2.45) is 0 Å². The van der Waals surface area contributed by atoms with Gasteiger partial charge in [0.25, 0.3) is 15.9 Å². The van der Waals surface area contributed by atoms with Gasteiger partial charge in [-0.05, 0) is 50.1 Å². The second-order valence-corrected chi connectivity index (χ2v) is 13.1. The normalized spacial score (nSPS) is 18.1. The summed E-state index contributed by atoms with van der Waals surface area (Å²) in [4.78, 5) is 26.4. The lowest BCUT2D eigenvalue weighted by Crippen LogP contribution is -2.45. The average Bonchev–Trinajstić information content (AvgIpc) is 3.74. The molecule has 0 radical (unpaired) electrons. The molecule has 0 unspecified atom stereocenters. The van der Waals surface area contributed by atoms with Crippen LogP contribution in [0.15, 0.2) is 57.5 Å². The van der Waals surface area contributed by atoms with E-state index in [1.807, 2.05) is 13.0 Å². The molecule has 0 spiro atoms. The Morgan fingerprint density at radius 1 is 1.10 bits per heavy atom. The van der Waals surface area contributed by atoms with Gasteiger partial charge in [0.1, 0.15) is 16.0 Å². The van der Waals surface area contributed by atoms with Crippen LogP contribution < -0.4 is 15.4 Å². The SMILES string of the molecule is Cc1ccc2c(c1)OCCCn1cc(nn1)CN(S(=O)(=O)c1ccc(-c3ccno3)s1)CCCNC(=O)[C@@H](C)NC2=O. The Hall–Kier alpha value is -4.08. The second-order valence-electron chi connectivity index (χ2n) is 9.85. The molecule has 42 heavy (non-hydrogen) atoms. The molecule has 2 bridgehead atoms. The van der Waals surface area contributed by atoms with E-state index in [-0.39, 0.29) is 29.8 Å². The first-order valence-electron chi connectivity index (χ1n) is 13.4. The summed E-state index contributed by atoms with van der Waals surface area (Å²) >= 11 is 1.08. The predicted octanol–water partition coefficient (Wildman–Crippen LogP) is 2.60. The molecule has 15 heteroatoms. The molecule has 222 valence electrons. The molecule has 2 amide bonds. The molecule has 0 fully saturated rings. The van der Waals surface area contributed by atoms with Crippen LogP contribution in [0.5, 0.6) is 5.75 Å². The van der Waals surface area contributed by atoms with Crippen molar-refractivity contribution in [2.45, 2.75) is 50.0 Å². The van der Waals surface area contributed by atoms with Crippen molar-refractivity contribution in [3.63, 3.8) is 0 Å². The van der Waals surface area contributed by atoms with Gasteiger partial charge < -0.3 is 19.9 Å². The third-order valence-electron chi connectivity index (χ3n) is 6.58. The molecule has 3 aromatic heterocycles. The van der Waals surface area contributed by atoms with Crippen LogP contribution in [0.3, 0.4) is 0 Å². The summed E-state index contributed by atoms with van der Waals surface area (Å²) in [6.45, 7) is 4.60. The zero-order chi connectivity index (χ0) is 29.7. The summed E-state index contributed by atoms with van der Waals surface area (Å²) in [6, 6.07) is 9.33. The van der Waals surface area contributed by atoms with Crippen molar-refractivity contribution in [1.29, 1.82) is 0 Å². The number of amides is 2. The van der Waals surface area contributed by atoms with Gasteiger partial charge in [-0.25, -0.2) is 8.42 Å². The number of thiophene rings is 1. The molecule has 1 aromatic carbocycles. The maximum Gasteiger partial charge on any atom is 0.255 e. The fourth-order valence-electron chi connectivity index (χ4n) is 4.35. The van der Waals surface area contributed by atoms with Gasteiger partial charge in [0, 0.05) is 38.3 Å². The van der Waals surface area contributed by atoms with Gasteiger partial charge >= 0.3 is 0 Å². The summed E-state index contributed by atoms with van der Waals surface area (Å²) in [6.07, 6.45) is 4.10. The standard InChI is InChI=1S/C27H31N7O6S2/c1-18-5-6-21-23(15-18)39-14-4-12-33-16-20(31-32-33)17-34(13-3-10-28-26(35)19(2)30-27(21)36)42(37,38)25-8-7-24(41-25)22-9-11-29-40-22/h5-9,11,15-16,19H,3-4,10,12-14,17H2,1-2H3,(H,28,35)(H,30,36)/t19-/m1/s1. The largest absolute Gasteiger partial charge is 0.493 e. The lowest BCUT2D eigenvalue weighted by Gasteiger charge is -2.21. The second kappa shape index (κ2) is 12.8. The van der Waals surface area contributed by atoms with Gasteiger partial charge in [-0.1, -0.05) is 16.4 Å². The molecule has 1 aliphatic heterocycles. The van der Waals surface area contributed by atoms with Gasteiger partial charge in [-0.15, -0.1) is 16.4 Å². The van der Waals surface area contributed by atoms with Crippen LogP contribution in [0, 0.1) is 6.92 Å². The fraction of sp³-hybridized carbons (Fsp3) is 0.370. The molecule has 0 saturated carbocycles. The van der Waals surface area contributed by atoms with E-state index in [2.05, 4.69) is 26.1 Å². The van der Waals surface area contributed by atoms with Crippen LogP contribution in [0.2, 0.25) is 0 Å². The first-order chi connectivity index (χ1) is 20.2. The minimum Gasteiger partial charge on any atom is -0.493 e. The van der Waals surface area contributed by atoms with E-state index in [1.165, 1.54) is 16.6 Å².